The van der Waals surface area contributed by atoms with Gasteiger partial charge in [-0.3, -0.25) is 0 Å². The fourth-order valence-corrected chi connectivity index (χ4v) is 1.23. The number of aromatic carboxylic acids is 1. The smallest absolute Gasteiger partial charge is 0.339 e. The van der Waals surface area contributed by atoms with Gasteiger partial charge in [0, 0.05) is 11.1 Å². The molecule has 0 aliphatic rings. The highest BCUT2D eigenvalue weighted by molar-refractivity contribution is 5.95. The van der Waals surface area contributed by atoms with Crippen molar-refractivity contribution in [3.05, 3.63) is 30.0 Å². The first kappa shape index (κ1) is 8.55. The summed E-state index contributed by atoms with van der Waals surface area (Å²) in [7, 11) is 0. The first-order chi connectivity index (χ1) is 6.70. The molecule has 2 aromatic heterocycles. The minimum atomic E-state index is -1.03. The second-order valence-corrected chi connectivity index (χ2v) is 2.80. The van der Waals surface area contributed by atoms with Gasteiger partial charge in [0.2, 0.25) is 0 Å². The van der Waals surface area contributed by atoms with Crippen LogP contribution in [0.2, 0.25) is 0 Å². The molecule has 5 heteroatoms. The van der Waals surface area contributed by atoms with Crippen LogP contribution in [0.15, 0.2) is 27.7 Å². The Balaban J connectivity index is 2.57. The van der Waals surface area contributed by atoms with Crippen LogP contribution in [0.3, 0.4) is 0 Å². The molecule has 0 aromatic carbocycles. The Bertz CT molecular complexity index is 469. The van der Waals surface area contributed by atoms with Gasteiger partial charge in [0.05, 0.1) is 12.5 Å². The Kier molecular flexibility index (Phi) is 1.85. The Morgan fingerprint density at radius 3 is 2.79 bits per heavy atom. The van der Waals surface area contributed by atoms with Gasteiger partial charge in [-0.2, -0.15) is 0 Å². The molecule has 2 aromatic rings. The summed E-state index contributed by atoms with van der Waals surface area (Å²) in [6.45, 7) is 1.71. The number of nitrogens with zero attached hydrogens (tertiary/aromatic N) is 1. The van der Waals surface area contributed by atoms with Crippen molar-refractivity contribution < 1.29 is 18.8 Å². The van der Waals surface area contributed by atoms with Crippen LogP contribution in [0.4, 0.5) is 0 Å². The molecular weight excluding hydrogens is 186 g/mol. The third-order valence-electron chi connectivity index (χ3n) is 1.93. The fraction of sp³-hybridized carbons (Fsp3) is 0.111. The van der Waals surface area contributed by atoms with Crippen LogP contribution in [0, 0.1) is 6.92 Å². The monoisotopic (exact) mass is 193 g/mol. The molecule has 72 valence electrons. The molecule has 5 nitrogen and oxygen atoms in total. The second-order valence-electron chi connectivity index (χ2n) is 2.80. The summed E-state index contributed by atoms with van der Waals surface area (Å²) in [6.07, 6.45) is 4.01. The van der Waals surface area contributed by atoms with Crippen molar-refractivity contribution in [2.75, 3.05) is 0 Å². The maximum Gasteiger partial charge on any atom is 0.339 e. The van der Waals surface area contributed by atoms with Gasteiger partial charge < -0.3 is 14.0 Å². The number of carboxylic acids is 1. The van der Waals surface area contributed by atoms with Crippen LogP contribution in [0.25, 0.3) is 11.1 Å². The van der Waals surface area contributed by atoms with Crippen LogP contribution in [0.1, 0.15) is 16.1 Å². The Morgan fingerprint density at radius 2 is 2.21 bits per heavy atom. The summed E-state index contributed by atoms with van der Waals surface area (Å²) >= 11 is 0. The van der Waals surface area contributed by atoms with Crippen LogP contribution in [-0.4, -0.2) is 16.2 Å². The number of carbonyl (C=O) groups is 1. The number of rotatable bonds is 2. The molecule has 0 unspecified atom stereocenters. The molecule has 1 N–H and O–H groups in total. The molecule has 0 spiro atoms. The van der Waals surface area contributed by atoms with Crippen LogP contribution in [-0.2, 0) is 0 Å². The Hall–Kier alpha value is -2.04. The number of hydrogen-bond donors (Lipinski definition) is 1. The molecule has 0 radical (unpaired) electrons. The van der Waals surface area contributed by atoms with Gasteiger partial charge in [-0.1, -0.05) is 5.16 Å². The van der Waals surface area contributed by atoms with Crippen LogP contribution >= 0.6 is 0 Å². The third kappa shape index (κ3) is 1.19. The number of carboxylic acid groups (broad SMARTS) is 1. The van der Waals surface area contributed by atoms with Gasteiger partial charge in [-0.05, 0) is 6.92 Å². The lowest BCUT2D eigenvalue weighted by Crippen LogP contribution is -1.95. The van der Waals surface area contributed by atoms with E-state index in [9.17, 15) is 4.79 Å². The first-order valence-corrected chi connectivity index (χ1v) is 3.91. The number of hydrogen-bond acceptors (Lipinski definition) is 4. The van der Waals surface area contributed by atoms with E-state index in [1.807, 2.05) is 0 Å². The third-order valence-corrected chi connectivity index (χ3v) is 1.93. The topological polar surface area (TPSA) is 76.5 Å². The predicted molar refractivity (Wildman–Crippen MR) is 45.9 cm³/mol. The molecule has 0 saturated heterocycles. The lowest BCUT2D eigenvalue weighted by Gasteiger charge is -1.93. The van der Waals surface area contributed by atoms with Gasteiger partial charge >= 0.3 is 5.97 Å². The van der Waals surface area contributed by atoms with Crippen molar-refractivity contribution in [3.8, 4) is 11.1 Å². The molecule has 0 atom stereocenters. The molecule has 0 bridgehead atoms. The van der Waals surface area contributed by atoms with E-state index in [2.05, 4.69) is 5.16 Å². The van der Waals surface area contributed by atoms with Gasteiger partial charge in [0.1, 0.15) is 17.6 Å². The van der Waals surface area contributed by atoms with Crippen molar-refractivity contribution in [2.24, 2.45) is 0 Å². The molecule has 0 saturated carbocycles. The maximum absolute atomic E-state index is 10.8. The summed E-state index contributed by atoms with van der Waals surface area (Å²) < 4.78 is 9.67. The number of aryl methyl sites for hydroxylation is 1. The summed E-state index contributed by atoms with van der Waals surface area (Å²) in [5.74, 6) is -0.469. The van der Waals surface area contributed by atoms with Crippen molar-refractivity contribution in [2.45, 2.75) is 6.92 Å². The van der Waals surface area contributed by atoms with E-state index in [1.54, 1.807) is 6.92 Å². The van der Waals surface area contributed by atoms with Crippen molar-refractivity contribution in [1.82, 2.24) is 5.16 Å². The Labute approximate surface area is 78.9 Å². The highest BCUT2D eigenvalue weighted by Gasteiger charge is 2.17. The summed E-state index contributed by atoms with van der Waals surface area (Å²) in [6, 6.07) is 0. The second kappa shape index (κ2) is 3.02. The summed E-state index contributed by atoms with van der Waals surface area (Å²) in [5, 5.41) is 12.4. The van der Waals surface area contributed by atoms with Gasteiger partial charge in [-0.15, -0.1) is 0 Å². The molecule has 0 amide bonds. The van der Waals surface area contributed by atoms with Gasteiger partial charge in [0.15, 0.2) is 0 Å². The lowest BCUT2D eigenvalue weighted by molar-refractivity contribution is 0.0697. The minimum Gasteiger partial charge on any atom is -0.478 e. The zero-order valence-corrected chi connectivity index (χ0v) is 7.35. The SMILES string of the molecule is Cc1oncc1-c1cocc1C(=O)O. The van der Waals surface area contributed by atoms with Crippen molar-refractivity contribution in [3.63, 3.8) is 0 Å². The average Bonchev–Trinajstić information content (AvgIpc) is 2.70. The molecule has 0 aliphatic carbocycles. The normalized spacial score (nSPS) is 10.4. The van der Waals surface area contributed by atoms with E-state index in [1.165, 1.54) is 18.7 Å². The van der Waals surface area contributed by atoms with Gasteiger partial charge in [-0.25, -0.2) is 4.79 Å². The fourth-order valence-electron chi connectivity index (χ4n) is 1.23. The van der Waals surface area contributed by atoms with Crippen molar-refractivity contribution >= 4 is 5.97 Å². The van der Waals surface area contributed by atoms with E-state index in [0.717, 1.165) is 0 Å². The highest BCUT2D eigenvalue weighted by atomic mass is 16.5. The van der Waals surface area contributed by atoms with Crippen molar-refractivity contribution in [1.29, 1.82) is 0 Å². The zero-order chi connectivity index (χ0) is 10.1. The molecule has 0 fully saturated rings. The largest absolute Gasteiger partial charge is 0.478 e. The number of furan rings is 1. The van der Waals surface area contributed by atoms with Gasteiger partial charge in [0.25, 0.3) is 0 Å². The minimum absolute atomic E-state index is 0.108. The molecule has 2 rings (SSSR count). The van der Waals surface area contributed by atoms with Crippen LogP contribution < -0.4 is 0 Å². The summed E-state index contributed by atoms with van der Waals surface area (Å²) in [5.41, 5.74) is 1.23. The average molecular weight is 193 g/mol. The Morgan fingerprint density at radius 1 is 1.43 bits per heavy atom. The maximum atomic E-state index is 10.8. The quantitative estimate of drug-likeness (QED) is 0.788. The predicted octanol–water partition coefficient (Wildman–Crippen LogP) is 1.94. The van der Waals surface area contributed by atoms with E-state index >= 15 is 0 Å². The molecular formula is C9H7NO4. The zero-order valence-electron chi connectivity index (χ0n) is 7.35. The lowest BCUT2D eigenvalue weighted by atomic mass is 10.1. The van der Waals surface area contributed by atoms with E-state index in [-0.39, 0.29) is 5.56 Å². The molecule has 0 aliphatic heterocycles. The molecule has 2 heterocycles. The van der Waals surface area contributed by atoms with E-state index in [4.69, 9.17) is 14.0 Å². The highest BCUT2D eigenvalue weighted by Crippen LogP contribution is 2.27. The van der Waals surface area contributed by atoms with E-state index in [0.29, 0.717) is 16.9 Å². The standard InChI is InChI=1S/C9H7NO4/c1-5-6(2-10-14-5)7-3-13-4-8(7)9(11)12/h2-4H,1H3,(H,11,12). The van der Waals surface area contributed by atoms with E-state index < -0.39 is 5.97 Å². The van der Waals surface area contributed by atoms with Crippen LogP contribution in [0.5, 0.6) is 0 Å². The number of aromatic nitrogens is 1. The summed E-state index contributed by atoms with van der Waals surface area (Å²) in [4.78, 5) is 10.8. The molecule has 14 heavy (non-hydrogen) atoms. The first-order valence-electron chi connectivity index (χ1n) is 3.91.